The van der Waals surface area contributed by atoms with Crippen molar-refractivity contribution in [1.82, 2.24) is 5.32 Å². The Morgan fingerprint density at radius 1 is 1.30 bits per heavy atom. The molecule has 2 rings (SSSR count). The molecule has 4 heteroatoms. The lowest BCUT2D eigenvalue weighted by molar-refractivity contribution is 0.622. The molecule has 1 N–H and O–H groups in total. The lowest BCUT2D eigenvalue weighted by Crippen LogP contribution is -2.17. The topological polar surface area (TPSA) is 15.3 Å². The van der Waals surface area contributed by atoms with Crippen molar-refractivity contribution in [2.75, 3.05) is 18.5 Å². The molecule has 0 atom stereocenters. The van der Waals surface area contributed by atoms with Crippen molar-refractivity contribution in [3.8, 4) is 0 Å². The number of nitrogens with zero attached hydrogens (tertiary/aromatic N) is 1. The summed E-state index contributed by atoms with van der Waals surface area (Å²) in [5, 5.41) is 3.34. The molecular formula is C16H21FN2S. The van der Waals surface area contributed by atoms with Gasteiger partial charge >= 0.3 is 0 Å². The fourth-order valence-corrected chi connectivity index (χ4v) is 3.21. The van der Waals surface area contributed by atoms with Gasteiger partial charge in [-0.3, -0.25) is 0 Å². The SMILES string of the molecule is CCNCc1cc(CN(C)c2ccccc2F)c(C)s1. The van der Waals surface area contributed by atoms with Crippen molar-refractivity contribution in [3.63, 3.8) is 0 Å². The van der Waals surface area contributed by atoms with Crippen LogP contribution in [0.2, 0.25) is 0 Å². The first-order valence-electron chi connectivity index (χ1n) is 6.86. The predicted octanol–water partition coefficient (Wildman–Crippen LogP) is 3.94. The van der Waals surface area contributed by atoms with Gasteiger partial charge in [-0.25, -0.2) is 4.39 Å². The van der Waals surface area contributed by atoms with E-state index in [4.69, 9.17) is 0 Å². The van der Waals surface area contributed by atoms with Crippen LogP contribution in [0.25, 0.3) is 0 Å². The number of benzene rings is 1. The lowest BCUT2D eigenvalue weighted by atomic mass is 10.2. The normalized spacial score (nSPS) is 10.8. The molecule has 1 aromatic carbocycles. The first-order chi connectivity index (χ1) is 9.61. The zero-order valence-electron chi connectivity index (χ0n) is 12.2. The van der Waals surface area contributed by atoms with Gasteiger partial charge in [-0.2, -0.15) is 0 Å². The molecule has 0 amide bonds. The summed E-state index contributed by atoms with van der Waals surface area (Å²) in [4.78, 5) is 4.60. The molecule has 2 nitrogen and oxygen atoms in total. The summed E-state index contributed by atoms with van der Waals surface area (Å²) >= 11 is 1.81. The maximum absolute atomic E-state index is 13.8. The van der Waals surface area contributed by atoms with E-state index in [1.165, 1.54) is 21.4 Å². The minimum absolute atomic E-state index is 0.171. The molecule has 20 heavy (non-hydrogen) atoms. The van der Waals surface area contributed by atoms with Crippen LogP contribution >= 0.6 is 11.3 Å². The molecule has 1 aromatic heterocycles. The van der Waals surface area contributed by atoms with Crippen molar-refractivity contribution < 1.29 is 4.39 Å². The Hall–Kier alpha value is -1.39. The lowest BCUT2D eigenvalue weighted by Gasteiger charge is -2.19. The third-order valence-corrected chi connectivity index (χ3v) is 4.38. The Labute approximate surface area is 124 Å². The summed E-state index contributed by atoms with van der Waals surface area (Å²) in [7, 11) is 1.93. The molecule has 1 heterocycles. The Kier molecular flexibility index (Phi) is 5.15. The second-order valence-corrected chi connectivity index (χ2v) is 6.22. The summed E-state index contributed by atoms with van der Waals surface area (Å²) in [5.74, 6) is -0.171. The molecule has 0 saturated heterocycles. The van der Waals surface area contributed by atoms with Crippen LogP contribution in [0.1, 0.15) is 22.2 Å². The van der Waals surface area contributed by atoms with Gasteiger partial charge in [0.05, 0.1) is 5.69 Å². The zero-order chi connectivity index (χ0) is 14.5. The smallest absolute Gasteiger partial charge is 0.146 e. The molecule has 0 aliphatic rings. The molecule has 0 aliphatic carbocycles. The van der Waals surface area contributed by atoms with Crippen molar-refractivity contribution in [2.45, 2.75) is 26.9 Å². The number of hydrogen-bond donors (Lipinski definition) is 1. The number of aryl methyl sites for hydroxylation is 1. The molecule has 0 unspecified atom stereocenters. The van der Waals surface area contributed by atoms with Crippen LogP contribution < -0.4 is 10.2 Å². The molecule has 0 spiro atoms. The van der Waals surface area contributed by atoms with E-state index >= 15 is 0 Å². The van der Waals surface area contributed by atoms with Crippen molar-refractivity contribution >= 4 is 17.0 Å². The molecule has 0 bridgehead atoms. The van der Waals surface area contributed by atoms with Crippen molar-refractivity contribution in [3.05, 3.63) is 51.5 Å². The summed E-state index contributed by atoms with van der Waals surface area (Å²) in [5.41, 5.74) is 1.92. The van der Waals surface area contributed by atoms with Crippen LogP contribution in [0.15, 0.2) is 30.3 Å². The van der Waals surface area contributed by atoms with Crippen LogP contribution in [-0.4, -0.2) is 13.6 Å². The number of rotatable bonds is 6. The molecule has 0 fully saturated rings. The van der Waals surface area contributed by atoms with Crippen molar-refractivity contribution in [2.24, 2.45) is 0 Å². The minimum Gasteiger partial charge on any atom is -0.368 e. The van der Waals surface area contributed by atoms with Gasteiger partial charge in [-0.05, 0) is 37.2 Å². The van der Waals surface area contributed by atoms with Crippen LogP contribution in [0.3, 0.4) is 0 Å². The molecule has 0 radical (unpaired) electrons. The highest BCUT2D eigenvalue weighted by molar-refractivity contribution is 7.12. The van der Waals surface area contributed by atoms with Crippen LogP contribution in [0.5, 0.6) is 0 Å². The molecule has 0 saturated carbocycles. The highest BCUT2D eigenvalue weighted by Gasteiger charge is 2.11. The number of halogens is 1. The van der Waals surface area contributed by atoms with Gasteiger partial charge in [0, 0.05) is 29.9 Å². The van der Waals surface area contributed by atoms with E-state index in [1.54, 1.807) is 6.07 Å². The van der Waals surface area contributed by atoms with E-state index in [0.29, 0.717) is 5.69 Å². The Bertz CT molecular complexity index is 565. The second kappa shape index (κ2) is 6.86. The van der Waals surface area contributed by atoms with Gasteiger partial charge in [-0.15, -0.1) is 11.3 Å². The maximum Gasteiger partial charge on any atom is 0.146 e. The number of hydrogen-bond acceptors (Lipinski definition) is 3. The van der Waals surface area contributed by atoms with Gasteiger partial charge in [0.1, 0.15) is 5.82 Å². The minimum atomic E-state index is -0.171. The first kappa shape index (κ1) is 15.0. The fraction of sp³-hybridized carbons (Fsp3) is 0.375. The highest BCUT2D eigenvalue weighted by Crippen LogP contribution is 2.25. The van der Waals surface area contributed by atoms with Crippen LogP contribution in [-0.2, 0) is 13.1 Å². The zero-order valence-corrected chi connectivity index (χ0v) is 13.1. The largest absolute Gasteiger partial charge is 0.368 e. The fourth-order valence-electron chi connectivity index (χ4n) is 2.18. The Morgan fingerprint density at radius 2 is 2.05 bits per heavy atom. The monoisotopic (exact) mass is 292 g/mol. The van der Waals surface area contributed by atoms with Crippen LogP contribution in [0, 0.1) is 12.7 Å². The average Bonchev–Trinajstić information content (AvgIpc) is 2.77. The van der Waals surface area contributed by atoms with Gasteiger partial charge in [-0.1, -0.05) is 19.1 Å². The average molecular weight is 292 g/mol. The quantitative estimate of drug-likeness (QED) is 0.867. The summed E-state index contributed by atoms with van der Waals surface area (Å²) in [6.07, 6.45) is 0. The van der Waals surface area contributed by atoms with E-state index in [9.17, 15) is 4.39 Å². The number of para-hydroxylation sites is 1. The molecule has 108 valence electrons. The van der Waals surface area contributed by atoms with E-state index in [-0.39, 0.29) is 5.82 Å². The van der Waals surface area contributed by atoms with E-state index in [0.717, 1.165) is 19.6 Å². The predicted molar refractivity (Wildman–Crippen MR) is 84.9 cm³/mol. The van der Waals surface area contributed by atoms with Gasteiger partial charge in [0.15, 0.2) is 0 Å². The first-order valence-corrected chi connectivity index (χ1v) is 7.68. The van der Waals surface area contributed by atoms with Gasteiger partial charge in [0.25, 0.3) is 0 Å². The Balaban J connectivity index is 2.10. The van der Waals surface area contributed by atoms with Gasteiger partial charge in [0.2, 0.25) is 0 Å². The summed E-state index contributed by atoms with van der Waals surface area (Å²) in [6.45, 7) is 6.85. The van der Waals surface area contributed by atoms with E-state index < -0.39 is 0 Å². The van der Waals surface area contributed by atoms with Crippen molar-refractivity contribution in [1.29, 1.82) is 0 Å². The third kappa shape index (κ3) is 3.58. The van der Waals surface area contributed by atoms with Crippen LogP contribution in [0.4, 0.5) is 10.1 Å². The summed E-state index contributed by atoms with van der Waals surface area (Å²) in [6, 6.07) is 9.13. The number of thiophene rings is 1. The van der Waals surface area contributed by atoms with E-state index in [2.05, 4.69) is 25.2 Å². The number of nitrogens with one attached hydrogen (secondary N) is 1. The van der Waals surface area contributed by atoms with E-state index in [1.807, 2.05) is 35.4 Å². The highest BCUT2D eigenvalue weighted by atomic mass is 32.1. The standard InChI is InChI=1S/C16H21FN2S/c1-4-18-10-14-9-13(12(2)20-14)11-19(3)16-8-6-5-7-15(16)17/h5-9,18H,4,10-11H2,1-3H3. The van der Waals surface area contributed by atoms with Gasteiger partial charge < -0.3 is 10.2 Å². The molecule has 0 aliphatic heterocycles. The second-order valence-electron chi connectivity index (χ2n) is 4.88. The summed E-state index contributed by atoms with van der Waals surface area (Å²) < 4.78 is 13.8. The molecular weight excluding hydrogens is 271 g/mol. The maximum atomic E-state index is 13.8. The third-order valence-electron chi connectivity index (χ3n) is 3.29. The number of anilines is 1. The molecule has 2 aromatic rings. The Morgan fingerprint density at radius 3 is 2.75 bits per heavy atom.